The van der Waals surface area contributed by atoms with Gasteiger partial charge in [0.15, 0.2) is 0 Å². The molecular formula is C23H20Cl2N2O2S. The van der Waals surface area contributed by atoms with E-state index in [4.69, 9.17) is 23.2 Å². The summed E-state index contributed by atoms with van der Waals surface area (Å²) in [5, 5.41) is 10.4. The molecule has 3 aromatic rings. The molecule has 0 aliphatic heterocycles. The molecule has 0 bridgehead atoms. The summed E-state index contributed by atoms with van der Waals surface area (Å²) in [6.07, 6.45) is 0. The van der Waals surface area contributed by atoms with Crippen molar-refractivity contribution in [2.24, 2.45) is 0 Å². The summed E-state index contributed by atoms with van der Waals surface area (Å²) in [7, 11) is -3.71. The summed E-state index contributed by atoms with van der Waals surface area (Å²) in [4.78, 5) is 0.149. The monoisotopic (exact) mass is 458 g/mol. The average molecular weight is 459 g/mol. The molecule has 0 aliphatic rings. The molecule has 4 nitrogen and oxygen atoms in total. The number of benzene rings is 3. The summed E-state index contributed by atoms with van der Waals surface area (Å²) >= 11 is 11.9. The van der Waals surface area contributed by atoms with Crippen LogP contribution >= 0.6 is 23.2 Å². The lowest BCUT2D eigenvalue weighted by atomic mass is 9.82. The van der Waals surface area contributed by atoms with Crippen molar-refractivity contribution >= 4 is 33.2 Å². The van der Waals surface area contributed by atoms with Gasteiger partial charge in [-0.15, -0.1) is 0 Å². The molecule has 0 spiro atoms. The molecule has 30 heavy (non-hydrogen) atoms. The maximum atomic E-state index is 12.8. The van der Waals surface area contributed by atoms with Gasteiger partial charge in [-0.25, -0.2) is 13.1 Å². The topological polar surface area (TPSA) is 70.0 Å². The van der Waals surface area contributed by atoms with Crippen LogP contribution in [0.25, 0.3) is 0 Å². The van der Waals surface area contributed by atoms with E-state index in [0.717, 1.165) is 11.1 Å². The molecular weight excluding hydrogens is 439 g/mol. The van der Waals surface area contributed by atoms with Crippen LogP contribution in [0.15, 0.2) is 77.7 Å². The Morgan fingerprint density at radius 2 is 1.53 bits per heavy atom. The third-order valence-corrected chi connectivity index (χ3v) is 7.00. The molecule has 3 aromatic carbocycles. The Balaban J connectivity index is 1.91. The molecule has 0 radical (unpaired) electrons. The van der Waals surface area contributed by atoms with Gasteiger partial charge in [-0.3, -0.25) is 0 Å². The first-order valence-corrected chi connectivity index (χ1v) is 11.5. The molecule has 2 atom stereocenters. The Morgan fingerprint density at radius 3 is 2.13 bits per heavy atom. The van der Waals surface area contributed by atoms with Crippen molar-refractivity contribution in [2.75, 3.05) is 6.54 Å². The van der Waals surface area contributed by atoms with Crippen LogP contribution in [-0.4, -0.2) is 15.0 Å². The molecule has 3 rings (SSSR count). The quantitative estimate of drug-likeness (QED) is 0.491. The second kappa shape index (κ2) is 9.63. The Bertz CT molecular complexity index is 1160. The van der Waals surface area contributed by atoms with E-state index in [0.29, 0.717) is 15.6 Å². The second-order valence-electron chi connectivity index (χ2n) is 6.99. The second-order valence-corrected chi connectivity index (χ2v) is 9.63. The zero-order valence-corrected chi connectivity index (χ0v) is 18.5. The number of nitrogens with one attached hydrogen (secondary N) is 1. The molecule has 0 saturated heterocycles. The van der Waals surface area contributed by atoms with Crippen LogP contribution in [0.2, 0.25) is 10.0 Å². The maximum absolute atomic E-state index is 12.8. The van der Waals surface area contributed by atoms with E-state index in [1.807, 2.05) is 43.3 Å². The fourth-order valence-electron chi connectivity index (χ4n) is 3.32. The minimum Gasteiger partial charge on any atom is -0.211 e. The molecule has 7 heteroatoms. The van der Waals surface area contributed by atoms with Crippen molar-refractivity contribution in [1.29, 1.82) is 5.26 Å². The van der Waals surface area contributed by atoms with Gasteiger partial charge in [0.05, 0.1) is 16.5 Å². The SMILES string of the molecule is CC(c1ccc(Cl)cc1)C(CNS(=O)(=O)c1ccc(Cl)cc1)c1cccc(C#N)c1. The Morgan fingerprint density at radius 1 is 0.933 bits per heavy atom. The average Bonchev–Trinajstić information content (AvgIpc) is 2.74. The first kappa shape index (κ1) is 22.3. The Labute approximate surface area is 187 Å². The summed E-state index contributed by atoms with van der Waals surface area (Å²) < 4.78 is 28.3. The van der Waals surface area contributed by atoms with Crippen molar-refractivity contribution in [3.8, 4) is 6.07 Å². The first-order chi connectivity index (χ1) is 14.3. The number of nitriles is 1. The van der Waals surface area contributed by atoms with E-state index in [1.165, 1.54) is 12.1 Å². The lowest BCUT2D eigenvalue weighted by Gasteiger charge is -2.25. The highest BCUT2D eigenvalue weighted by atomic mass is 35.5. The minimum atomic E-state index is -3.71. The predicted molar refractivity (Wildman–Crippen MR) is 120 cm³/mol. The third kappa shape index (κ3) is 5.41. The van der Waals surface area contributed by atoms with Gasteiger partial charge < -0.3 is 0 Å². The Hall–Kier alpha value is -2.36. The number of hydrogen-bond donors (Lipinski definition) is 1. The van der Waals surface area contributed by atoms with E-state index in [-0.39, 0.29) is 23.3 Å². The fourth-order valence-corrected chi connectivity index (χ4v) is 4.63. The molecule has 0 amide bonds. The van der Waals surface area contributed by atoms with Crippen LogP contribution in [0.1, 0.15) is 35.4 Å². The lowest BCUT2D eigenvalue weighted by Crippen LogP contribution is -2.30. The highest BCUT2D eigenvalue weighted by molar-refractivity contribution is 7.89. The molecule has 0 aliphatic carbocycles. The number of halogens is 2. The largest absolute Gasteiger partial charge is 0.240 e. The van der Waals surface area contributed by atoms with Crippen molar-refractivity contribution in [1.82, 2.24) is 4.72 Å². The van der Waals surface area contributed by atoms with E-state index in [1.54, 1.807) is 24.3 Å². The van der Waals surface area contributed by atoms with Crippen molar-refractivity contribution in [2.45, 2.75) is 23.7 Å². The van der Waals surface area contributed by atoms with Crippen molar-refractivity contribution in [3.05, 3.63) is 99.5 Å². The van der Waals surface area contributed by atoms with Gasteiger partial charge >= 0.3 is 0 Å². The summed E-state index contributed by atoms with van der Waals surface area (Å²) in [5.74, 6) is -0.217. The predicted octanol–water partition coefficient (Wildman–Crippen LogP) is 5.73. The normalized spacial score (nSPS) is 13.4. The smallest absolute Gasteiger partial charge is 0.211 e. The zero-order chi connectivity index (χ0) is 21.7. The van der Waals surface area contributed by atoms with Crippen LogP contribution in [0, 0.1) is 11.3 Å². The minimum absolute atomic E-state index is 0.0240. The van der Waals surface area contributed by atoms with Gasteiger partial charge in [0, 0.05) is 22.5 Å². The molecule has 2 unspecified atom stereocenters. The van der Waals surface area contributed by atoms with E-state index < -0.39 is 10.0 Å². The maximum Gasteiger partial charge on any atom is 0.240 e. The summed E-state index contributed by atoms with van der Waals surface area (Å²) in [6.45, 7) is 2.20. The highest BCUT2D eigenvalue weighted by Crippen LogP contribution is 2.33. The van der Waals surface area contributed by atoms with E-state index in [2.05, 4.69) is 10.8 Å². The lowest BCUT2D eigenvalue weighted by molar-refractivity contribution is 0.539. The molecule has 1 N–H and O–H groups in total. The summed E-state index contributed by atoms with van der Waals surface area (Å²) in [6, 6.07) is 22.9. The molecule has 0 aromatic heterocycles. The third-order valence-electron chi connectivity index (χ3n) is 5.06. The van der Waals surface area contributed by atoms with Crippen LogP contribution < -0.4 is 4.72 Å². The van der Waals surface area contributed by atoms with E-state index in [9.17, 15) is 13.7 Å². The molecule has 0 heterocycles. The number of hydrogen-bond acceptors (Lipinski definition) is 3. The van der Waals surface area contributed by atoms with Gasteiger partial charge in [0.1, 0.15) is 0 Å². The first-order valence-electron chi connectivity index (χ1n) is 9.31. The van der Waals surface area contributed by atoms with Gasteiger partial charge in [-0.05, 0) is 65.6 Å². The van der Waals surface area contributed by atoms with E-state index >= 15 is 0 Å². The molecule has 0 fully saturated rings. The van der Waals surface area contributed by atoms with Crippen molar-refractivity contribution in [3.63, 3.8) is 0 Å². The molecule has 0 saturated carbocycles. The van der Waals surface area contributed by atoms with Gasteiger partial charge in [0.25, 0.3) is 0 Å². The van der Waals surface area contributed by atoms with Gasteiger partial charge in [-0.1, -0.05) is 54.4 Å². The van der Waals surface area contributed by atoms with Crippen molar-refractivity contribution < 1.29 is 8.42 Å². The summed E-state index contributed by atoms with van der Waals surface area (Å²) in [5.41, 5.74) is 2.44. The van der Waals surface area contributed by atoms with Crippen LogP contribution in [0.3, 0.4) is 0 Å². The molecule has 154 valence electrons. The number of nitrogens with zero attached hydrogens (tertiary/aromatic N) is 1. The van der Waals surface area contributed by atoms with Gasteiger partial charge in [0.2, 0.25) is 10.0 Å². The zero-order valence-electron chi connectivity index (χ0n) is 16.2. The fraction of sp³-hybridized carbons (Fsp3) is 0.174. The standard InChI is InChI=1S/C23H20Cl2N2O2S/c1-16(18-5-7-20(24)8-6-18)23(19-4-2-3-17(13-19)14-26)15-27-30(28,29)22-11-9-21(25)10-12-22/h2-13,16,23,27H,15H2,1H3. The van der Waals surface area contributed by atoms with Crippen LogP contribution in [-0.2, 0) is 10.0 Å². The Kier molecular flexibility index (Phi) is 7.17. The highest BCUT2D eigenvalue weighted by Gasteiger charge is 2.24. The number of rotatable bonds is 7. The van der Waals surface area contributed by atoms with Crippen LogP contribution in [0.5, 0.6) is 0 Å². The van der Waals surface area contributed by atoms with Crippen LogP contribution in [0.4, 0.5) is 0 Å². The number of sulfonamides is 1. The van der Waals surface area contributed by atoms with Gasteiger partial charge in [-0.2, -0.15) is 5.26 Å².